The minimum atomic E-state index is -4.38. The molecule has 146 valence electrons. The van der Waals surface area contributed by atoms with Crippen molar-refractivity contribution in [1.29, 1.82) is 0 Å². The SMILES string of the molecule is Cc1cc(S(=O)(=O)O)ccc1N=Nc1c(O)ccc2cc(S(=O)(=O)O)ccc12. The summed E-state index contributed by atoms with van der Waals surface area (Å²) in [5, 5.41) is 18.9. The van der Waals surface area contributed by atoms with Gasteiger partial charge in [-0.1, -0.05) is 12.1 Å². The maximum Gasteiger partial charge on any atom is 0.294 e. The lowest BCUT2D eigenvalue weighted by molar-refractivity contribution is 0.477. The third-order valence-electron chi connectivity index (χ3n) is 3.96. The molecule has 0 unspecified atom stereocenters. The Hall–Kier alpha value is -2.86. The molecule has 28 heavy (non-hydrogen) atoms. The maximum absolute atomic E-state index is 11.3. The van der Waals surface area contributed by atoms with Gasteiger partial charge in [0.25, 0.3) is 20.2 Å². The van der Waals surface area contributed by atoms with E-state index in [0.29, 0.717) is 22.0 Å². The average molecular weight is 422 g/mol. The van der Waals surface area contributed by atoms with Crippen LogP contribution in [0.1, 0.15) is 5.56 Å². The van der Waals surface area contributed by atoms with Gasteiger partial charge >= 0.3 is 0 Å². The molecule has 0 aliphatic rings. The first-order chi connectivity index (χ1) is 13.0. The molecule has 0 radical (unpaired) electrons. The van der Waals surface area contributed by atoms with Gasteiger partial charge in [0.1, 0.15) is 11.4 Å². The molecule has 3 rings (SSSR count). The third kappa shape index (κ3) is 4.02. The van der Waals surface area contributed by atoms with Crippen molar-refractivity contribution in [2.75, 3.05) is 0 Å². The predicted molar refractivity (Wildman–Crippen MR) is 101 cm³/mol. The number of azo groups is 1. The molecule has 3 N–H and O–H groups in total. The standard InChI is InChI=1S/C17H14N2O7S2/c1-10-8-12(27(21,22)23)4-6-15(10)18-19-17-14-5-3-13(28(24,25)26)9-11(14)2-7-16(17)20/h2-9,20H,1H3,(H,21,22,23)(H,24,25,26). The van der Waals surface area contributed by atoms with Crippen molar-refractivity contribution < 1.29 is 31.0 Å². The lowest BCUT2D eigenvalue weighted by Gasteiger charge is -2.06. The van der Waals surface area contributed by atoms with Crippen molar-refractivity contribution in [2.45, 2.75) is 16.7 Å². The van der Waals surface area contributed by atoms with Gasteiger partial charge in [0.15, 0.2) is 0 Å². The summed E-state index contributed by atoms with van der Waals surface area (Å²) in [5.41, 5.74) is 0.795. The van der Waals surface area contributed by atoms with Crippen LogP contribution in [0.5, 0.6) is 5.75 Å². The van der Waals surface area contributed by atoms with Crippen LogP contribution in [-0.4, -0.2) is 31.0 Å². The number of rotatable bonds is 4. The van der Waals surface area contributed by atoms with Crippen LogP contribution in [0.3, 0.4) is 0 Å². The van der Waals surface area contributed by atoms with Crippen LogP contribution in [0.25, 0.3) is 10.8 Å². The Morgan fingerprint density at radius 1 is 0.786 bits per heavy atom. The van der Waals surface area contributed by atoms with Gasteiger partial charge in [0, 0.05) is 5.39 Å². The van der Waals surface area contributed by atoms with Gasteiger partial charge in [0.2, 0.25) is 0 Å². The fraction of sp³-hybridized carbons (Fsp3) is 0.0588. The highest BCUT2D eigenvalue weighted by Gasteiger charge is 2.14. The van der Waals surface area contributed by atoms with Crippen LogP contribution in [0.4, 0.5) is 11.4 Å². The number of phenols is 1. The largest absolute Gasteiger partial charge is 0.506 e. The van der Waals surface area contributed by atoms with E-state index in [9.17, 15) is 21.9 Å². The molecule has 0 bridgehead atoms. The first kappa shape index (κ1) is 19.9. The van der Waals surface area contributed by atoms with E-state index in [1.165, 1.54) is 42.5 Å². The summed E-state index contributed by atoms with van der Waals surface area (Å²) in [5.74, 6) is -0.205. The van der Waals surface area contributed by atoms with Crippen LogP contribution in [0, 0.1) is 6.92 Å². The Morgan fingerprint density at radius 3 is 2.00 bits per heavy atom. The number of aryl methyl sites for hydroxylation is 1. The highest BCUT2D eigenvalue weighted by molar-refractivity contribution is 7.86. The molecule has 0 atom stereocenters. The summed E-state index contributed by atoms with van der Waals surface area (Å²) in [4.78, 5) is -0.583. The molecule has 0 spiro atoms. The van der Waals surface area contributed by atoms with E-state index in [2.05, 4.69) is 10.2 Å². The number of benzene rings is 3. The molecule has 0 saturated carbocycles. The van der Waals surface area contributed by atoms with Gasteiger partial charge < -0.3 is 5.11 Å². The van der Waals surface area contributed by atoms with Crippen molar-refractivity contribution in [3.8, 4) is 5.75 Å². The van der Waals surface area contributed by atoms with Gasteiger partial charge in [-0.2, -0.15) is 21.9 Å². The highest BCUT2D eigenvalue weighted by atomic mass is 32.2. The van der Waals surface area contributed by atoms with E-state index >= 15 is 0 Å². The monoisotopic (exact) mass is 422 g/mol. The highest BCUT2D eigenvalue weighted by Crippen LogP contribution is 2.37. The van der Waals surface area contributed by atoms with E-state index in [-0.39, 0.29) is 21.2 Å². The molecule has 11 heteroatoms. The Balaban J connectivity index is 2.08. The zero-order valence-electron chi connectivity index (χ0n) is 14.3. The quantitative estimate of drug-likeness (QED) is 0.427. The van der Waals surface area contributed by atoms with Gasteiger partial charge in [-0.25, -0.2) is 0 Å². The Bertz CT molecular complexity index is 1330. The Kier molecular flexibility index (Phi) is 4.93. The molecule has 0 aliphatic heterocycles. The zero-order chi connectivity index (χ0) is 20.7. The molecule has 0 aliphatic carbocycles. The number of nitrogens with zero attached hydrogens (tertiary/aromatic N) is 2. The van der Waals surface area contributed by atoms with Crippen molar-refractivity contribution in [3.05, 3.63) is 54.1 Å². The van der Waals surface area contributed by atoms with Crippen LogP contribution < -0.4 is 0 Å². The van der Waals surface area contributed by atoms with Crippen LogP contribution in [0.2, 0.25) is 0 Å². The Labute approximate surface area is 160 Å². The summed E-state index contributed by atoms with van der Waals surface area (Å²) in [6.45, 7) is 1.57. The minimum Gasteiger partial charge on any atom is -0.506 e. The van der Waals surface area contributed by atoms with Crippen molar-refractivity contribution in [1.82, 2.24) is 0 Å². The minimum absolute atomic E-state index is 0.0673. The summed E-state index contributed by atoms with van der Waals surface area (Å²) in [6, 6.07) is 10.3. The molecule has 3 aromatic carbocycles. The van der Waals surface area contributed by atoms with Gasteiger partial charge in [-0.3, -0.25) is 9.11 Å². The second-order valence-electron chi connectivity index (χ2n) is 5.91. The summed E-state index contributed by atoms with van der Waals surface area (Å²) in [7, 11) is -8.72. The van der Waals surface area contributed by atoms with E-state index in [4.69, 9.17) is 9.11 Å². The fourth-order valence-corrected chi connectivity index (χ4v) is 3.63. The molecule has 0 fully saturated rings. The van der Waals surface area contributed by atoms with Gasteiger partial charge in [0.05, 0.1) is 15.5 Å². The third-order valence-corrected chi connectivity index (χ3v) is 5.66. The number of aromatic hydroxyl groups is 1. The van der Waals surface area contributed by atoms with Gasteiger partial charge in [-0.05, 0) is 54.3 Å². The lowest BCUT2D eigenvalue weighted by Crippen LogP contribution is -1.97. The fourth-order valence-electron chi connectivity index (χ4n) is 2.55. The topological polar surface area (TPSA) is 154 Å². The van der Waals surface area contributed by atoms with Gasteiger partial charge in [-0.15, -0.1) is 5.11 Å². The van der Waals surface area contributed by atoms with Crippen LogP contribution in [-0.2, 0) is 20.2 Å². The first-order valence-electron chi connectivity index (χ1n) is 7.70. The molecular weight excluding hydrogens is 408 g/mol. The molecule has 0 saturated heterocycles. The van der Waals surface area contributed by atoms with E-state index < -0.39 is 20.2 Å². The summed E-state index contributed by atoms with van der Waals surface area (Å²) >= 11 is 0. The van der Waals surface area contributed by atoms with E-state index in [1.54, 1.807) is 6.92 Å². The molecule has 0 aromatic heterocycles. The Morgan fingerprint density at radius 2 is 1.39 bits per heavy atom. The van der Waals surface area contributed by atoms with E-state index in [1.807, 2.05) is 0 Å². The van der Waals surface area contributed by atoms with E-state index in [0.717, 1.165) is 6.07 Å². The lowest BCUT2D eigenvalue weighted by atomic mass is 10.1. The first-order valence-corrected chi connectivity index (χ1v) is 10.6. The molecule has 0 heterocycles. The van der Waals surface area contributed by atoms with Crippen molar-refractivity contribution in [2.24, 2.45) is 10.2 Å². The molecule has 9 nitrogen and oxygen atoms in total. The molecule has 3 aromatic rings. The number of hydrogen-bond donors (Lipinski definition) is 3. The van der Waals surface area contributed by atoms with Crippen molar-refractivity contribution in [3.63, 3.8) is 0 Å². The number of fused-ring (bicyclic) bond motifs is 1. The second-order valence-corrected chi connectivity index (χ2v) is 8.76. The molecular formula is C17H14N2O7S2. The average Bonchev–Trinajstić information content (AvgIpc) is 2.59. The zero-order valence-corrected chi connectivity index (χ0v) is 15.9. The molecule has 0 amide bonds. The summed E-state index contributed by atoms with van der Waals surface area (Å²) in [6.07, 6.45) is 0. The normalized spacial score (nSPS) is 12.7. The summed E-state index contributed by atoms with van der Waals surface area (Å²) < 4.78 is 63.1. The van der Waals surface area contributed by atoms with Crippen LogP contribution >= 0.6 is 0 Å². The number of phenolic OH excluding ortho intramolecular Hbond substituents is 1. The number of hydrogen-bond acceptors (Lipinski definition) is 7. The second kappa shape index (κ2) is 6.95. The predicted octanol–water partition coefficient (Wildman–Crippen LogP) is 3.76. The maximum atomic E-state index is 11.3. The van der Waals surface area contributed by atoms with Crippen LogP contribution in [0.15, 0.2) is 68.6 Å². The smallest absolute Gasteiger partial charge is 0.294 e. The van der Waals surface area contributed by atoms with Crippen molar-refractivity contribution >= 4 is 42.4 Å².